The Balaban J connectivity index is 2.52. The van der Waals surface area contributed by atoms with Crippen LogP contribution in [-0.4, -0.2) is 9.55 Å². The molecule has 0 atom stereocenters. The Morgan fingerprint density at radius 2 is 1.80 bits per heavy atom. The second-order valence-electron chi connectivity index (χ2n) is 4.66. The first-order valence-electron chi connectivity index (χ1n) is 5.56. The second kappa shape index (κ2) is 3.69. The molecular formula is C13H18N2. The molecule has 0 unspecified atom stereocenters. The maximum atomic E-state index is 4.66. The summed E-state index contributed by atoms with van der Waals surface area (Å²) in [6.45, 7) is 8.71. The van der Waals surface area contributed by atoms with E-state index in [0.717, 1.165) is 5.52 Å². The highest BCUT2D eigenvalue weighted by atomic mass is 15.0. The average Bonchev–Trinajstić information content (AvgIpc) is 2.59. The molecule has 0 radical (unpaired) electrons. The van der Waals surface area contributed by atoms with Crippen LogP contribution < -0.4 is 0 Å². The summed E-state index contributed by atoms with van der Waals surface area (Å²) < 4.78 is 2.21. The van der Waals surface area contributed by atoms with Gasteiger partial charge in [0.2, 0.25) is 0 Å². The van der Waals surface area contributed by atoms with E-state index in [9.17, 15) is 0 Å². The number of rotatable bonds is 2. The summed E-state index contributed by atoms with van der Waals surface area (Å²) in [7, 11) is 0. The molecule has 2 aromatic rings. The fourth-order valence-electron chi connectivity index (χ4n) is 1.67. The smallest absolute Gasteiger partial charge is 0.0882 e. The molecule has 0 fully saturated rings. The number of fused-ring (bicyclic) bond motifs is 1. The van der Waals surface area contributed by atoms with Crippen molar-refractivity contribution in [2.75, 3.05) is 0 Å². The Kier molecular flexibility index (Phi) is 2.51. The van der Waals surface area contributed by atoms with Crippen molar-refractivity contribution in [3.05, 3.63) is 30.2 Å². The topological polar surface area (TPSA) is 17.8 Å². The minimum atomic E-state index is 0.497. The number of aromatic nitrogens is 2. The van der Waals surface area contributed by atoms with Crippen molar-refractivity contribution in [3.8, 4) is 0 Å². The molecule has 0 saturated heterocycles. The molecule has 0 aliphatic carbocycles. The second-order valence-corrected chi connectivity index (χ2v) is 4.66. The molecule has 2 aromatic heterocycles. The van der Waals surface area contributed by atoms with Crippen molar-refractivity contribution in [2.45, 2.75) is 39.7 Å². The zero-order valence-corrected chi connectivity index (χ0v) is 9.86. The van der Waals surface area contributed by atoms with Gasteiger partial charge in [-0.25, -0.2) is 0 Å². The summed E-state index contributed by atoms with van der Waals surface area (Å²) in [6, 6.07) is 4.79. The van der Waals surface area contributed by atoms with Crippen molar-refractivity contribution in [3.63, 3.8) is 0 Å². The third-order valence-electron chi connectivity index (χ3n) is 2.73. The number of nitrogens with zero attached hydrogens (tertiary/aromatic N) is 2. The first-order valence-corrected chi connectivity index (χ1v) is 5.56. The Morgan fingerprint density at radius 1 is 1.07 bits per heavy atom. The van der Waals surface area contributed by atoms with Gasteiger partial charge >= 0.3 is 0 Å². The zero-order chi connectivity index (χ0) is 11.0. The van der Waals surface area contributed by atoms with E-state index in [0.29, 0.717) is 12.0 Å². The molecule has 15 heavy (non-hydrogen) atoms. The molecule has 0 amide bonds. The summed E-state index contributed by atoms with van der Waals surface area (Å²) in [5, 5.41) is 1.23. The van der Waals surface area contributed by atoms with Gasteiger partial charge in [-0.15, -0.1) is 0 Å². The van der Waals surface area contributed by atoms with E-state index >= 15 is 0 Å². The van der Waals surface area contributed by atoms with E-state index in [4.69, 9.17) is 0 Å². The van der Waals surface area contributed by atoms with Gasteiger partial charge in [0.25, 0.3) is 0 Å². The van der Waals surface area contributed by atoms with Gasteiger partial charge in [-0.2, -0.15) is 0 Å². The fourth-order valence-corrected chi connectivity index (χ4v) is 1.67. The Bertz CT molecular complexity index is 460. The highest BCUT2D eigenvalue weighted by Gasteiger charge is 2.05. The van der Waals surface area contributed by atoms with Gasteiger partial charge in [0, 0.05) is 29.5 Å². The van der Waals surface area contributed by atoms with Crippen LogP contribution in [0.3, 0.4) is 0 Å². The van der Waals surface area contributed by atoms with Crippen LogP contribution in [0, 0.1) is 0 Å². The monoisotopic (exact) mass is 202 g/mol. The van der Waals surface area contributed by atoms with Gasteiger partial charge in [0.05, 0.1) is 5.52 Å². The average molecular weight is 202 g/mol. The van der Waals surface area contributed by atoms with Crippen LogP contribution in [0.2, 0.25) is 0 Å². The van der Waals surface area contributed by atoms with E-state index in [1.807, 2.05) is 0 Å². The zero-order valence-electron chi connectivity index (χ0n) is 9.86. The van der Waals surface area contributed by atoms with Crippen molar-refractivity contribution < 1.29 is 0 Å². The minimum Gasteiger partial charge on any atom is -0.349 e. The first kappa shape index (κ1) is 10.2. The molecular weight excluding hydrogens is 184 g/mol. The highest BCUT2D eigenvalue weighted by Crippen LogP contribution is 2.20. The van der Waals surface area contributed by atoms with Crippen LogP contribution in [-0.2, 0) is 0 Å². The SMILES string of the molecule is CC(C)c1ccc2cn(C(C)C)cc2n1. The maximum absolute atomic E-state index is 4.66. The lowest BCUT2D eigenvalue weighted by molar-refractivity contribution is 0.605. The van der Waals surface area contributed by atoms with Crippen LogP contribution in [0.4, 0.5) is 0 Å². The molecule has 0 N–H and O–H groups in total. The molecule has 2 heteroatoms. The quantitative estimate of drug-likeness (QED) is 0.725. The van der Waals surface area contributed by atoms with Crippen LogP contribution in [0.5, 0.6) is 0 Å². The minimum absolute atomic E-state index is 0.497. The summed E-state index contributed by atoms with van der Waals surface area (Å²) in [4.78, 5) is 4.66. The largest absolute Gasteiger partial charge is 0.349 e. The third-order valence-corrected chi connectivity index (χ3v) is 2.73. The van der Waals surface area contributed by atoms with Gasteiger partial charge < -0.3 is 4.57 Å². The summed E-state index contributed by atoms with van der Waals surface area (Å²) >= 11 is 0. The van der Waals surface area contributed by atoms with Crippen LogP contribution >= 0.6 is 0 Å². The van der Waals surface area contributed by atoms with E-state index in [2.05, 4.69) is 61.8 Å². The molecule has 80 valence electrons. The summed E-state index contributed by atoms with van der Waals surface area (Å²) in [5.74, 6) is 0.497. The van der Waals surface area contributed by atoms with Crippen LogP contribution in [0.25, 0.3) is 10.9 Å². The van der Waals surface area contributed by atoms with Crippen LogP contribution in [0.1, 0.15) is 45.3 Å². The lowest BCUT2D eigenvalue weighted by atomic mass is 10.1. The summed E-state index contributed by atoms with van der Waals surface area (Å²) in [6.07, 6.45) is 4.29. The highest BCUT2D eigenvalue weighted by molar-refractivity contribution is 5.78. The van der Waals surface area contributed by atoms with Gasteiger partial charge in [0.15, 0.2) is 0 Å². The summed E-state index contributed by atoms with van der Waals surface area (Å²) in [5.41, 5.74) is 2.28. The lowest BCUT2D eigenvalue weighted by Gasteiger charge is -2.04. The van der Waals surface area contributed by atoms with Gasteiger partial charge in [0.1, 0.15) is 0 Å². The number of pyridine rings is 1. The van der Waals surface area contributed by atoms with Gasteiger partial charge in [-0.3, -0.25) is 4.98 Å². The van der Waals surface area contributed by atoms with Crippen LogP contribution in [0.15, 0.2) is 24.5 Å². The van der Waals surface area contributed by atoms with E-state index in [1.54, 1.807) is 0 Å². The standard InChI is InChI=1S/C13H18N2/c1-9(2)12-6-5-11-7-15(10(3)4)8-13(11)14-12/h5-10H,1-4H3. The van der Waals surface area contributed by atoms with E-state index in [1.165, 1.54) is 11.1 Å². The molecule has 0 aromatic carbocycles. The molecule has 2 rings (SSSR count). The van der Waals surface area contributed by atoms with Crippen molar-refractivity contribution in [1.82, 2.24) is 9.55 Å². The predicted octanol–water partition coefficient (Wildman–Crippen LogP) is 3.74. The van der Waals surface area contributed by atoms with Gasteiger partial charge in [-0.1, -0.05) is 13.8 Å². The Morgan fingerprint density at radius 3 is 2.40 bits per heavy atom. The predicted molar refractivity (Wildman–Crippen MR) is 64.2 cm³/mol. The van der Waals surface area contributed by atoms with Crippen molar-refractivity contribution in [1.29, 1.82) is 0 Å². The third kappa shape index (κ3) is 1.89. The normalized spacial score (nSPS) is 11.9. The van der Waals surface area contributed by atoms with Crippen molar-refractivity contribution >= 4 is 10.9 Å². The van der Waals surface area contributed by atoms with Crippen molar-refractivity contribution in [2.24, 2.45) is 0 Å². The molecule has 0 bridgehead atoms. The van der Waals surface area contributed by atoms with E-state index < -0.39 is 0 Å². The maximum Gasteiger partial charge on any atom is 0.0882 e. The Hall–Kier alpha value is -1.31. The molecule has 0 saturated carbocycles. The van der Waals surface area contributed by atoms with Gasteiger partial charge in [-0.05, 0) is 31.9 Å². The molecule has 0 aliphatic heterocycles. The molecule has 0 spiro atoms. The molecule has 0 aliphatic rings. The van der Waals surface area contributed by atoms with E-state index in [-0.39, 0.29) is 0 Å². The lowest BCUT2D eigenvalue weighted by Crippen LogP contribution is -1.95. The number of hydrogen-bond donors (Lipinski definition) is 0. The Labute approximate surface area is 90.9 Å². The molecule has 2 nitrogen and oxygen atoms in total. The fraction of sp³-hybridized carbons (Fsp3) is 0.462. The molecule has 2 heterocycles. The first-order chi connectivity index (χ1) is 7.08. The number of hydrogen-bond acceptors (Lipinski definition) is 1.